The van der Waals surface area contributed by atoms with Crippen molar-refractivity contribution in [2.75, 3.05) is 7.11 Å². The van der Waals surface area contributed by atoms with Crippen LogP contribution >= 0.6 is 0 Å². The van der Waals surface area contributed by atoms with Gasteiger partial charge in [0.05, 0.1) is 25.3 Å². The lowest BCUT2D eigenvalue weighted by molar-refractivity contribution is 0.243. The molecular formula is C19H25N5O. The van der Waals surface area contributed by atoms with Crippen molar-refractivity contribution in [3.8, 4) is 0 Å². The number of dihydropyridines is 1. The van der Waals surface area contributed by atoms with E-state index in [1.807, 2.05) is 12.4 Å². The number of allylic oxidation sites excluding steroid dienone is 2. The molecule has 0 radical (unpaired) electrons. The first-order valence-corrected chi connectivity index (χ1v) is 8.90. The van der Waals surface area contributed by atoms with E-state index >= 15 is 0 Å². The molecule has 1 aromatic heterocycles. The summed E-state index contributed by atoms with van der Waals surface area (Å²) in [5.41, 5.74) is 10.8. The zero-order valence-corrected chi connectivity index (χ0v) is 15.2. The van der Waals surface area contributed by atoms with Crippen molar-refractivity contribution in [1.29, 1.82) is 0 Å². The molecule has 3 unspecified atom stereocenters. The predicted molar refractivity (Wildman–Crippen MR) is 97.8 cm³/mol. The standard InChI is InChI=1S/C19H25N5O/c1-5-6-12-10(2)17-14-9-21-24-19(14)16(25-4)7-15(17)22-18(12)13-8-20-23-11(13)3/h7-9,14,18-19,22,24H,5-6H2,1-4H3,(H,20,23). The average Bonchev–Trinajstić information content (AvgIpc) is 3.25. The molecule has 1 aromatic rings. The summed E-state index contributed by atoms with van der Waals surface area (Å²) >= 11 is 0. The number of nitrogens with one attached hydrogen (secondary N) is 3. The fourth-order valence-corrected chi connectivity index (χ4v) is 4.25. The number of aromatic amines is 1. The minimum atomic E-state index is 0.0931. The number of nitrogens with zero attached hydrogens (tertiary/aromatic N) is 2. The normalized spacial score (nSPS) is 27.5. The van der Waals surface area contributed by atoms with Gasteiger partial charge in [-0.15, -0.1) is 0 Å². The van der Waals surface area contributed by atoms with Gasteiger partial charge in [-0.05, 0) is 37.0 Å². The van der Waals surface area contributed by atoms with Crippen LogP contribution in [-0.4, -0.2) is 29.6 Å². The van der Waals surface area contributed by atoms with Crippen molar-refractivity contribution in [3.05, 3.63) is 51.7 Å². The zero-order valence-electron chi connectivity index (χ0n) is 15.2. The molecule has 0 aromatic carbocycles. The van der Waals surface area contributed by atoms with Crippen molar-refractivity contribution < 1.29 is 4.74 Å². The van der Waals surface area contributed by atoms with Gasteiger partial charge in [-0.2, -0.15) is 10.2 Å². The van der Waals surface area contributed by atoms with E-state index in [0.29, 0.717) is 0 Å². The Balaban J connectivity index is 1.84. The van der Waals surface area contributed by atoms with Crippen molar-refractivity contribution >= 4 is 6.21 Å². The van der Waals surface area contributed by atoms with E-state index in [0.717, 1.165) is 30.0 Å². The molecule has 3 atom stereocenters. The zero-order chi connectivity index (χ0) is 17.6. The highest BCUT2D eigenvalue weighted by molar-refractivity contribution is 5.74. The summed E-state index contributed by atoms with van der Waals surface area (Å²) in [5.74, 6) is 1.13. The van der Waals surface area contributed by atoms with Gasteiger partial charge in [-0.25, -0.2) is 0 Å². The second-order valence-corrected chi connectivity index (χ2v) is 6.92. The number of methoxy groups -OCH3 is 1. The molecule has 3 N–H and O–H groups in total. The summed E-state index contributed by atoms with van der Waals surface area (Å²) in [5, 5.41) is 15.4. The first-order chi connectivity index (χ1) is 12.2. The number of hydrazone groups is 1. The van der Waals surface area contributed by atoms with E-state index in [1.165, 1.54) is 22.3 Å². The van der Waals surface area contributed by atoms with Crippen LogP contribution < -0.4 is 10.7 Å². The number of fused-ring (bicyclic) bond motifs is 2. The quantitative estimate of drug-likeness (QED) is 0.788. The summed E-state index contributed by atoms with van der Waals surface area (Å²) in [6.07, 6.45) is 8.24. The van der Waals surface area contributed by atoms with Crippen LogP contribution in [0, 0.1) is 12.8 Å². The number of ether oxygens (including phenoxy) is 1. The van der Waals surface area contributed by atoms with Gasteiger partial charge in [-0.3, -0.25) is 10.5 Å². The third kappa shape index (κ3) is 2.39. The summed E-state index contributed by atoms with van der Waals surface area (Å²) in [6.45, 7) is 6.56. The van der Waals surface area contributed by atoms with Crippen LogP contribution in [0.4, 0.5) is 0 Å². The Bertz CT molecular complexity index is 814. The molecule has 132 valence electrons. The van der Waals surface area contributed by atoms with Crippen LogP contribution in [0.1, 0.15) is 44.0 Å². The van der Waals surface area contributed by atoms with E-state index in [9.17, 15) is 0 Å². The van der Waals surface area contributed by atoms with E-state index in [1.54, 1.807) is 7.11 Å². The number of H-pyrrole nitrogens is 1. The van der Waals surface area contributed by atoms with Crippen LogP contribution in [0.25, 0.3) is 0 Å². The van der Waals surface area contributed by atoms with Crippen molar-refractivity contribution in [3.63, 3.8) is 0 Å². The van der Waals surface area contributed by atoms with Gasteiger partial charge in [0, 0.05) is 29.2 Å². The monoisotopic (exact) mass is 339 g/mol. The average molecular weight is 339 g/mol. The maximum absolute atomic E-state index is 5.62. The molecule has 1 aliphatic carbocycles. The Hall–Kier alpha value is -2.50. The SMILES string of the molecule is CCCC1=C(C)C2=C(C=C(OC)C3NN=CC23)NC1c1cn[nH]c1C. The molecule has 0 bridgehead atoms. The second-order valence-electron chi connectivity index (χ2n) is 6.92. The van der Waals surface area contributed by atoms with E-state index < -0.39 is 0 Å². The Kier molecular flexibility index (Phi) is 3.90. The number of hydrogen-bond acceptors (Lipinski definition) is 5. The molecule has 0 saturated heterocycles. The summed E-state index contributed by atoms with van der Waals surface area (Å²) in [4.78, 5) is 0. The molecular weight excluding hydrogens is 314 g/mol. The Morgan fingerprint density at radius 3 is 2.80 bits per heavy atom. The van der Waals surface area contributed by atoms with Crippen molar-refractivity contribution in [1.82, 2.24) is 20.9 Å². The van der Waals surface area contributed by atoms with Gasteiger partial charge in [0.15, 0.2) is 0 Å². The van der Waals surface area contributed by atoms with Crippen LogP contribution in [0.5, 0.6) is 0 Å². The molecule has 4 rings (SSSR count). The van der Waals surface area contributed by atoms with Gasteiger partial charge in [0.2, 0.25) is 0 Å². The lowest BCUT2D eigenvalue weighted by atomic mass is 9.76. The molecule has 2 aliphatic heterocycles. The van der Waals surface area contributed by atoms with Gasteiger partial charge >= 0.3 is 0 Å². The third-order valence-electron chi connectivity index (χ3n) is 5.49. The first kappa shape index (κ1) is 16.0. The largest absolute Gasteiger partial charge is 0.499 e. The highest BCUT2D eigenvalue weighted by Gasteiger charge is 2.40. The molecule has 0 spiro atoms. The Morgan fingerprint density at radius 2 is 2.12 bits per heavy atom. The molecule has 6 nitrogen and oxygen atoms in total. The number of aryl methyl sites for hydroxylation is 1. The molecule has 3 heterocycles. The van der Waals surface area contributed by atoms with Gasteiger partial charge < -0.3 is 10.1 Å². The Morgan fingerprint density at radius 1 is 1.28 bits per heavy atom. The fraction of sp³-hybridized carbons (Fsp3) is 0.474. The second kappa shape index (κ2) is 6.10. The van der Waals surface area contributed by atoms with Crippen molar-refractivity contribution in [2.24, 2.45) is 11.0 Å². The predicted octanol–water partition coefficient (Wildman–Crippen LogP) is 2.85. The van der Waals surface area contributed by atoms with Crippen LogP contribution in [0.15, 0.2) is 45.5 Å². The summed E-state index contributed by atoms with van der Waals surface area (Å²) < 4.78 is 5.62. The molecule has 3 aliphatic rings. The van der Waals surface area contributed by atoms with Gasteiger partial charge in [-0.1, -0.05) is 13.3 Å². The lowest BCUT2D eigenvalue weighted by Gasteiger charge is -2.38. The number of rotatable bonds is 4. The van der Waals surface area contributed by atoms with Gasteiger partial charge in [0.25, 0.3) is 0 Å². The van der Waals surface area contributed by atoms with Gasteiger partial charge in [0.1, 0.15) is 11.8 Å². The van der Waals surface area contributed by atoms with Crippen LogP contribution in [0.2, 0.25) is 0 Å². The number of aromatic nitrogens is 2. The summed E-state index contributed by atoms with van der Waals surface area (Å²) in [6, 6.07) is 0.241. The molecule has 25 heavy (non-hydrogen) atoms. The fourth-order valence-electron chi connectivity index (χ4n) is 4.25. The smallest absolute Gasteiger partial charge is 0.122 e. The van der Waals surface area contributed by atoms with Crippen LogP contribution in [-0.2, 0) is 4.74 Å². The molecule has 0 fully saturated rings. The minimum Gasteiger partial charge on any atom is -0.499 e. The van der Waals surface area contributed by atoms with E-state index in [-0.39, 0.29) is 18.0 Å². The highest BCUT2D eigenvalue weighted by atomic mass is 16.5. The Labute approximate surface area is 148 Å². The van der Waals surface area contributed by atoms with Crippen molar-refractivity contribution in [2.45, 2.75) is 45.7 Å². The molecule has 6 heteroatoms. The minimum absolute atomic E-state index is 0.0931. The molecule has 0 amide bonds. The first-order valence-electron chi connectivity index (χ1n) is 8.90. The van der Waals surface area contributed by atoms with E-state index in [4.69, 9.17) is 4.74 Å². The molecule has 0 saturated carbocycles. The third-order valence-corrected chi connectivity index (χ3v) is 5.49. The van der Waals surface area contributed by atoms with E-state index in [2.05, 4.69) is 52.9 Å². The highest BCUT2D eigenvalue weighted by Crippen LogP contribution is 2.43. The number of hydrogen-bond donors (Lipinski definition) is 3. The van der Waals surface area contributed by atoms with Crippen LogP contribution in [0.3, 0.4) is 0 Å². The maximum atomic E-state index is 5.62. The topological polar surface area (TPSA) is 74.3 Å². The maximum Gasteiger partial charge on any atom is 0.122 e. The summed E-state index contributed by atoms with van der Waals surface area (Å²) in [7, 11) is 1.72. The lowest BCUT2D eigenvalue weighted by Crippen LogP contribution is -2.40.